The van der Waals surface area contributed by atoms with Gasteiger partial charge in [-0.15, -0.1) is 0 Å². The van der Waals surface area contributed by atoms with Crippen LogP contribution in [0.4, 0.5) is 19.0 Å². The Kier molecular flexibility index (Phi) is 3.41. The van der Waals surface area contributed by atoms with Crippen molar-refractivity contribution in [1.29, 1.82) is 0 Å². The molecule has 0 saturated heterocycles. The van der Waals surface area contributed by atoms with Gasteiger partial charge in [-0.3, -0.25) is 9.89 Å². The summed E-state index contributed by atoms with van der Waals surface area (Å²) in [5.74, 6) is -0.690. The normalized spacial score (nSPS) is 11.5. The molecule has 3 aromatic heterocycles. The molecule has 1 amide bonds. The van der Waals surface area contributed by atoms with Crippen LogP contribution in [0.2, 0.25) is 0 Å². The molecule has 25 heavy (non-hydrogen) atoms. The van der Waals surface area contributed by atoms with E-state index in [1.54, 1.807) is 22.7 Å². The van der Waals surface area contributed by atoms with Crippen LogP contribution in [0.15, 0.2) is 36.8 Å². The number of H-pyrrole nitrogens is 1. The van der Waals surface area contributed by atoms with E-state index in [9.17, 15) is 18.0 Å². The highest BCUT2D eigenvalue weighted by molar-refractivity contribution is 5.96. The predicted octanol–water partition coefficient (Wildman–Crippen LogP) is 3.52. The average Bonchev–Trinajstić information content (AvgIpc) is 3.18. The van der Waals surface area contributed by atoms with Gasteiger partial charge >= 0.3 is 0 Å². The van der Waals surface area contributed by atoms with Crippen LogP contribution in [0.3, 0.4) is 0 Å². The Morgan fingerprint density at radius 1 is 1.28 bits per heavy atom. The average molecular weight is 345 g/mol. The maximum atomic E-state index is 14.2. The summed E-state index contributed by atoms with van der Waals surface area (Å²) in [4.78, 5) is 14.7. The van der Waals surface area contributed by atoms with Gasteiger partial charge < -0.3 is 9.72 Å². The van der Waals surface area contributed by atoms with Crippen molar-refractivity contribution < 1.29 is 18.0 Å². The number of nitrogens with one attached hydrogen (secondary N) is 2. The summed E-state index contributed by atoms with van der Waals surface area (Å²) in [6.45, 7) is 0. The van der Waals surface area contributed by atoms with Crippen LogP contribution in [-0.4, -0.2) is 26.0 Å². The summed E-state index contributed by atoms with van der Waals surface area (Å²) in [6.07, 6.45) is 1.96. The van der Waals surface area contributed by atoms with Crippen molar-refractivity contribution in [2.75, 3.05) is 5.32 Å². The lowest BCUT2D eigenvalue weighted by Crippen LogP contribution is -1.97. The standard InChI is InChI=1S/C16H10F3N5O/c17-10-3-11-9(4-21-23-11)14(15(10)16(18)19)8-1-2-13-22-12(20-7-25)6-24(13)5-8/h1-7,16H,(H,20,25)(H,21,23). The van der Waals surface area contributed by atoms with Gasteiger partial charge in [-0.1, -0.05) is 0 Å². The molecule has 1 aromatic carbocycles. The molecule has 0 aliphatic rings. The lowest BCUT2D eigenvalue weighted by atomic mass is 9.97. The number of hydrogen-bond donors (Lipinski definition) is 2. The second kappa shape index (κ2) is 5.62. The Balaban J connectivity index is 1.99. The van der Waals surface area contributed by atoms with E-state index in [1.165, 1.54) is 12.4 Å². The summed E-state index contributed by atoms with van der Waals surface area (Å²) in [7, 11) is 0. The van der Waals surface area contributed by atoms with Crippen molar-refractivity contribution >= 4 is 28.8 Å². The van der Waals surface area contributed by atoms with E-state index in [4.69, 9.17) is 0 Å². The Hall–Kier alpha value is -3.36. The third-order valence-electron chi connectivity index (χ3n) is 3.90. The molecule has 126 valence electrons. The summed E-state index contributed by atoms with van der Waals surface area (Å²) in [5, 5.41) is 9.21. The number of fused-ring (bicyclic) bond motifs is 2. The van der Waals surface area contributed by atoms with E-state index in [0.717, 1.165) is 6.07 Å². The first kappa shape index (κ1) is 15.2. The first-order chi connectivity index (χ1) is 12.1. The quantitative estimate of drug-likeness (QED) is 0.556. The molecule has 9 heteroatoms. The molecule has 0 aliphatic carbocycles. The topological polar surface area (TPSA) is 75.1 Å². The van der Waals surface area contributed by atoms with Crippen LogP contribution >= 0.6 is 0 Å². The van der Waals surface area contributed by atoms with Gasteiger partial charge in [0.2, 0.25) is 6.41 Å². The van der Waals surface area contributed by atoms with Gasteiger partial charge in [0, 0.05) is 23.2 Å². The Morgan fingerprint density at radius 2 is 2.12 bits per heavy atom. The van der Waals surface area contributed by atoms with Crippen molar-refractivity contribution in [1.82, 2.24) is 19.6 Å². The molecule has 0 fully saturated rings. The van der Waals surface area contributed by atoms with Gasteiger partial charge in [0.05, 0.1) is 23.5 Å². The number of carbonyl (C=O) groups excluding carboxylic acids is 1. The summed E-state index contributed by atoms with van der Waals surface area (Å²) < 4.78 is 42.8. The van der Waals surface area contributed by atoms with Gasteiger partial charge in [-0.2, -0.15) is 5.10 Å². The van der Waals surface area contributed by atoms with E-state index in [0.29, 0.717) is 34.3 Å². The minimum Gasteiger partial charge on any atom is -0.312 e. The SMILES string of the molecule is O=CNc1cn2cc(-c3c(C(F)F)c(F)cc4[nH]ncc34)ccc2n1. The fourth-order valence-electron chi connectivity index (χ4n) is 2.87. The summed E-state index contributed by atoms with van der Waals surface area (Å²) in [5.41, 5.74) is 0.597. The number of rotatable bonds is 4. The molecule has 2 N–H and O–H groups in total. The molecule has 0 radical (unpaired) electrons. The molecule has 0 spiro atoms. The number of nitrogens with zero attached hydrogens (tertiary/aromatic N) is 3. The van der Waals surface area contributed by atoms with Gasteiger partial charge in [-0.05, 0) is 17.7 Å². The largest absolute Gasteiger partial charge is 0.312 e. The Morgan fingerprint density at radius 3 is 2.88 bits per heavy atom. The van der Waals surface area contributed by atoms with Crippen LogP contribution in [0, 0.1) is 5.82 Å². The molecular weight excluding hydrogens is 335 g/mol. The van der Waals surface area contributed by atoms with E-state index in [-0.39, 0.29) is 5.56 Å². The highest BCUT2D eigenvalue weighted by Gasteiger charge is 2.23. The number of amides is 1. The number of pyridine rings is 1. The van der Waals surface area contributed by atoms with Gasteiger partial charge in [0.1, 0.15) is 11.5 Å². The zero-order valence-corrected chi connectivity index (χ0v) is 12.5. The third-order valence-corrected chi connectivity index (χ3v) is 3.90. The Labute approximate surface area is 138 Å². The number of benzene rings is 1. The van der Waals surface area contributed by atoms with Crippen molar-refractivity contribution in [3.05, 3.63) is 48.2 Å². The smallest absolute Gasteiger partial charge is 0.267 e. The molecule has 0 unspecified atom stereocenters. The van der Waals surface area contributed by atoms with E-state index >= 15 is 0 Å². The lowest BCUT2D eigenvalue weighted by Gasteiger charge is -2.12. The minimum absolute atomic E-state index is 0.0687. The molecule has 3 heterocycles. The van der Waals surface area contributed by atoms with Crippen molar-refractivity contribution in [2.45, 2.75) is 6.43 Å². The third kappa shape index (κ3) is 2.40. The van der Waals surface area contributed by atoms with Crippen LogP contribution in [0.5, 0.6) is 0 Å². The molecular formula is C16H10F3N5O. The van der Waals surface area contributed by atoms with Crippen LogP contribution < -0.4 is 5.32 Å². The first-order valence-electron chi connectivity index (χ1n) is 7.21. The highest BCUT2D eigenvalue weighted by atomic mass is 19.3. The number of halogens is 3. The van der Waals surface area contributed by atoms with Gasteiger partial charge in [-0.25, -0.2) is 18.2 Å². The van der Waals surface area contributed by atoms with E-state index < -0.39 is 17.8 Å². The number of carbonyl (C=O) groups is 1. The number of hydrogen-bond acceptors (Lipinski definition) is 3. The molecule has 0 atom stereocenters. The molecule has 0 aliphatic heterocycles. The zero-order chi connectivity index (χ0) is 17.6. The van der Waals surface area contributed by atoms with Gasteiger partial charge in [0.25, 0.3) is 6.43 Å². The van der Waals surface area contributed by atoms with E-state index in [2.05, 4.69) is 20.5 Å². The first-order valence-corrected chi connectivity index (χ1v) is 7.21. The number of anilines is 1. The lowest BCUT2D eigenvalue weighted by molar-refractivity contribution is -0.105. The van der Waals surface area contributed by atoms with Crippen LogP contribution in [-0.2, 0) is 4.79 Å². The molecule has 4 rings (SSSR count). The zero-order valence-electron chi connectivity index (χ0n) is 12.5. The number of alkyl halides is 2. The number of aromatic nitrogens is 4. The summed E-state index contributed by atoms with van der Waals surface area (Å²) in [6, 6.07) is 4.17. The fraction of sp³-hybridized carbons (Fsp3) is 0.0625. The predicted molar refractivity (Wildman–Crippen MR) is 84.9 cm³/mol. The van der Waals surface area contributed by atoms with Crippen molar-refractivity contribution in [3.8, 4) is 11.1 Å². The van der Waals surface area contributed by atoms with Gasteiger partial charge in [0.15, 0.2) is 5.82 Å². The Bertz CT molecular complexity index is 1100. The number of aromatic amines is 1. The van der Waals surface area contributed by atoms with Crippen molar-refractivity contribution in [3.63, 3.8) is 0 Å². The van der Waals surface area contributed by atoms with E-state index in [1.807, 2.05) is 0 Å². The molecule has 0 saturated carbocycles. The van der Waals surface area contributed by atoms with Crippen molar-refractivity contribution in [2.24, 2.45) is 0 Å². The van der Waals surface area contributed by atoms with Crippen LogP contribution in [0.25, 0.3) is 27.7 Å². The fourth-order valence-corrected chi connectivity index (χ4v) is 2.87. The maximum absolute atomic E-state index is 14.2. The number of imidazole rings is 1. The second-order valence-corrected chi connectivity index (χ2v) is 5.35. The monoisotopic (exact) mass is 345 g/mol. The minimum atomic E-state index is -2.99. The molecule has 0 bridgehead atoms. The van der Waals surface area contributed by atoms with Crippen LogP contribution in [0.1, 0.15) is 12.0 Å². The second-order valence-electron chi connectivity index (χ2n) is 5.35. The summed E-state index contributed by atoms with van der Waals surface area (Å²) >= 11 is 0. The maximum Gasteiger partial charge on any atom is 0.267 e. The molecule has 4 aromatic rings. The molecule has 6 nitrogen and oxygen atoms in total. The highest BCUT2D eigenvalue weighted by Crippen LogP contribution is 2.38.